The number of aryl methyl sites for hydroxylation is 1. The van der Waals surface area contributed by atoms with Crippen molar-refractivity contribution in [3.8, 4) is 0 Å². The van der Waals surface area contributed by atoms with E-state index in [1.807, 2.05) is 31.2 Å². The molecule has 1 aliphatic carbocycles. The summed E-state index contributed by atoms with van der Waals surface area (Å²) in [6.07, 6.45) is 3.72. The van der Waals surface area contributed by atoms with Crippen LogP contribution in [-0.2, 0) is 9.53 Å². The van der Waals surface area contributed by atoms with Gasteiger partial charge in [-0.25, -0.2) is 9.78 Å². The number of imidazole rings is 1. The second-order valence-electron chi connectivity index (χ2n) is 8.99. The van der Waals surface area contributed by atoms with Gasteiger partial charge in [-0.2, -0.15) is 0 Å². The predicted octanol–water partition coefficient (Wildman–Crippen LogP) is 6.36. The smallest absolute Gasteiger partial charge is 0.357 e. The molecule has 2 aliphatic rings. The average Bonchev–Trinajstić information content (AvgIpc) is 3.56. The summed E-state index contributed by atoms with van der Waals surface area (Å²) in [5, 5.41) is 1.97. The molecule has 2 N–H and O–H groups in total. The first kappa shape index (κ1) is 23.1. The molecular formula is C26H23ClN4O4S. The summed E-state index contributed by atoms with van der Waals surface area (Å²) < 4.78 is 11.5. The molecule has 0 radical (unpaired) electrons. The van der Waals surface area contributed by atoms with Crippen molar-refractivity contribution in [1.29, 1.82) is 0 Å². The minimum atomic E-state index is -0.460. The molecule has 0 spiro atoms. The lowest BCUT2D eigenvalue weighted by Gasteiger charge is -2.32. The number of aromatic amines is 2. The van der Waals surface area contributed by atoms with Crippen LogP contribution in [0.3, 0.4) is 0 Å². The standard InChI is InChI=1S/C26H23ClN4O4S/c1-3-34-25(33)24-23-14(11-28-24)20(21-15(29-23)5-4-6-17(21)32)18-7-8-19(35-18)36-26-30-16-10-13(27)9-12(2)22(16)31-26/h7-11,20-21,28H,3-6H2,1-2H3,(H,30,31). The van der Waals surface area contributed by atoms with Gasteiger partial charge in [0.2, 0.25) is 0 Å². The number of rotatable bonds is 5. The maximum atomic E-state index is 13.1. The third kappa shape index (κ3) is 3.87. The van der Waals surface area contributed by atoms with Crippen LogP contribution < -0.4 is 0 Å². The zero-order valence-electron chi connectivity index (χ0n) is 19.7. The lowest BCUT2D eigenvalue weighted by molar-refractivity contribution is -0.122. The van der Waals surface area contributed by atoms with Gasteiger partial charge < -0.3 is 19.1 Å². The first-order valence-electron chi connectivity index (χ1n) is 11.8. The molecule has 4 aromatic rings. The fraction of sp³-hybridized carbons (Fsp3) is 0.308. The number of halogens is 1. The molecule has 1 aromatic carbocycles. The fourth-order valence-electron chi connectivity index (χ4n) is 5.16. The Kier molecular flexibility index (Phi) is 5.76. The van der Waals surface area contributed by atoms with Gasteiger partial charge in [-0.15, -0.1) is 0 Å². The highest BCUT2D eigenvalue weighted by Gasteiger charge is 2.44. The Morgan fingerprint density at radius 2 is 2.14 bits per heavy atom. The predicted molar refractivity (Wildman–Crippen MR) is 137 cm³/mol. The van der Waals surface area contributed by atoms with Crippen molar-refractivity contribution in [1.82, 2.24) is 15.0 Å². The lowest BCUT2D eigenvalue weighted by atomic mass is 9.72. The number of fused-ring (bicyclic) bond motifs is 3. The number of ketones is 1. The molecule has 36 heavy (non-hydrogen) atoms. The molecule has 4 heterocycles. The monoisotopic (exact) mass is 522 g/mol. The van der Waals surface area contributed by atoms with Gasteiger partial charge in [-0.05, 0) is 68.3 Å². The second kappa shape index (κ2) is 8.97. The van der Waals surface area contributed by atoms with Gasteiger partial charge in [0.1, 0.15) is 11.5 Å². The molecule has 184 valence electrons. The van der Waals surface area contributed by atoms with Crippen LogP contribution >= 0.6 is 23.4 Å². The fourth-order valence-corrected chi connectivity index (χ4v) is 6.19. The topological polar surface area (TPSA) is 113 Å². The van der Waals surface area contributed by atoms with Crippen molar-refractivity contribution >= 4 is 57.5 Å². The van der Waals surface area contributed by atoms with Gasteiger partial charge in [0.15, 0.2) is 15.9 Å². The van der Waals surface area contributed by atoms with Gasteiger partial charge in [0.25, 0.3) is 0 Å². The molecule has 1 aliphatic heterocycles. The summed E-state index contributed by atoms with van der Waals surface area (Å²) in [5.74, 6) is -0.442. The van der Waals surface area contributed by atoms with Crippen molar-refractivity contribution in [3.63, 3.8) is 0 Å². The van der Waals surface area contributed by atoms with E-state index < -0.39 is 11.9 Å². The van der Waals surface area contributed by atoms with Crippen molar-refractivity contribution in [3.05, 3.63) is 58.1 Å². The molecule has 1 fully saturated rings. The zero-order valence-corrected chi connectivity index (χ0v) is 21.3. The Morgan fingerprint density at radius 1 is 1.28 bits per heavy atom. The van der Waals surface area contributed by atoms with Gasteiger partial charge in [0.05, 0.1) is 35.2 Å². The average molecular weight is 523 g/mol. The lowest BCUT2D eigenvalue weighted by Crippen LogP contribution is -2.36. The quantitative estimate of drug-likeness (QED) is 0.295. The maximum absolute atomic E-state index is 13.1. The summed E-state index contributed by atoms with van der Waals surface area (Å²) >= 11 is 7.56. The van der Waals surface area contributed by atoms with E-state index in [1.165, 1.54) is 11.8 Å². The molecule has 3 aromatic heterocycles. The van der Waals surface area contributed by atoms with E-state index in [1.54, 1.807) is 13.1 Å². The van der Waals surface area contributed by atoms with Gasteiger partial charge in [0, 0.05) is 28.9 Å². The highest BCUT2D eigenvalue weighted by Crippen LogP contribution is 2.48. The van der Waals surface area contributed by atoms with E-state index in [9.17, 15) is 9.59 Å². The number of ether oxygens (including phenoxy) is 1. The highest BCUT2D eigenvalue weighted by molar-refractivity contribution is 7.99. The molecule has 8 nitrogen and oxygen atoms in total. The Morgan fingerprint density at radius 3 is 2.97 bits per heavy atom. The molecular weight excluding hydrogens is 500 g/mol. The van der Waals surface area contributed by atoms with E-state index in [2.05, 4.69) is 15.0 Å². The number of nitrogens with zero attached hydrogens (tertiary/aromatic N) is 2. The minimum absolute atomic E-state index is 0.143. The van der Waals surface area contributed by atoms with Gasteiger partial charge in [-0.1, -0.05) is 11.6 Å². The van der Waals surface area contributed by atoms with Gasteiger partial charge >= 0.3 is 5.97 Å². The number of esters is 1. The van der Waals surface area contributed by atoms with Crippen LogP contribution in [0.4, 0.5) is 5.69 Å². The summed E-state index contributed by atoms with van der Waals surface area (Å²) in [6, 6.07) is 7.50. The van der Waals surface area contributed by atoms with Crippen LogP contribution in [0.1, 0.15) is 59.5 Å². The summed E-state index contributed by atoms with van der Waals surface area (Å²) in [5.41, 5.74) is 5.11. The molecule has 0 bridgehead atoms. The molecule has 2 atom stereocenters. The highest BCUT2D eigenvalue weighted by atomic mass is 35.5. The van der Waals surface area contributed by atoms with Crippen molar-refractivity contribution in [2.45, 2.75) is 49.3 Å². The Labute approximate surface area is 215 Å². The number of H-pyrrole nitrogens is 2. The molecule has 0 saturated heterocycles. The summed E-state index contributed by atoms with van der Waals surface area (Å²) in [6.45, 7) is 3.99. The van der Waals surface area contributed by atoms with Crippen molar-refractivity contribution < 1.29 is 18.7 Å². The largest absolute Gasteiger partial charge is 0.461 e. The number of Topliss-reactive ketones (excluding diaryl/α,β-unsaturated/α-hetero) is 1. The van der Waals surface area contributed by atoms with Crippen LogP contribution in [0.15, 0.2) is 50.1 Å². The molecule has 2 unspecified atom stereocenters. The number of carbonyl (C=O) groups is 2. The third-order valence-electron chi connectivity index (χ3n) is 6.67. The van der Waals surface area contributed by atoms with Crippen LogP contribution in [0, 0.1) is 12.8 Å². The van der Waals surface area contributed by atoms with Crippen LogP contribution in [0.5, 0.6) is 0 Å². The first-order chi connectivity index (χ1) is 17.4. The first-order valence-corrected chi connectivity index (χ1v) is 13.0. The van der Waals surface area contributed by atoms with Crippen LogP contribution in [-0.4, -0.2) is 39.0 Å². The number of hydrogen-bond acceptors (Lipinski definition) is 7. The van der Waals surface area contributed by atoms with E-state index in [0.717, 1.165) is 34.3 Å². The van der Waals surface area contributed by atoms with E-state index >= 15 is 0 Å². The van der Waals surface area contributed by atoms with E-state index in [0.29, 0.717) is 45.3 Å². The zero-order chi connectivity index (χ0) is 25.0. The Hall–Kier alpha value is -3.30. The molecule has 6 rings (SSSR count). The number of furan rings is 1. The number of aromatic nitrogens is 3. The van der Waals surface area contributed by atoms with Crippen LogP contribution in [0.25, 0.3) is 11.0 Å². The van der Waals surface area contributed by atoms with E-state index in [4.69, 9.17) is 25.7 Å². The number of benzene rings is 1. The van der Waals surface area contributed by atoms with Crippen LogP contribution in [0.2, 0.25) is 5.02 Å². The van der Waals surface area contributed by atoms with Gasteiger partial charge in [-0.3, -0.25) is 9.79 Å². The van der Waals surface area contributed by atoms with Crippen molar-refractivity contribution in [2.24, 2.45) is 10.9 Å². The number of hydrogen-bond donors (Lipinski definition) is 2. The number of carbonyl (C=O) groups excluding carboxylic acids is 2. The SMILES string of the molecule is CCOC(=O)c1[nH]cc2c1N=C1CCCC(=O)C1C2c1ccc(Sc2nc3c(C)cc(Cl)cc3[nH]2)o1. The van der Waals surface area contributed by atoms with Crippen molar-refractivity contribution in [2.75, 3.05) is 6.61 Å². The number of aliphatic imine (C=N–C) groups is 1. The normalized spacial score (nSPS) is 19.2. The summed E-state index contributed by atoms with van der Waals surface area (Å²) in [7, 11) is 0. The number of nitrogens with one attached hydrogen (secondary N) is 2. The Bertz CT molecular complexity index is 1550. The molecule has 1 saturated carbocycles. The third-order valence-corrected chi connectivity index (χ3v) is 7.70. The molecule has 0 amide bonds. The molecule has 10 heteroatoms. The summed E-state index contributed by atoms with van der Waals surface area (Å²) in [4.78, 5) is 41.4. The van der Waals surface area contributed by atoms with E-state index in [-0.39, 0.29) is 18.3 Å². The second-order valence-corrected chi connectivity index (χ2v) is 10.4. The minimum Gasteiger partial charge on any atom is -0.461 e. The maximum Gasteiger partial charge on any atom is 0.357 e. The Balaban J connectivity index is 1.37.